The first-order valence-corrected chi connectivity index (χ1v) is 8.27. The number of thiazole rings is 1. The summed E-state index contributed by atoms with van der Waals surface area (Å²) in [4.78, 5) is 19.8. The van der Waals surface area contributed by atoms with Crippen LogP contribution in [0.4, 0.5) is 5.13 Å². The summed E-state index contributed by atoms with van der Waals surface area (Å²) in [7, 11) is 0. The molecule has 18 heavy (non-hydrogen) atoms. The van der Waals surface area contributed by atoms with Gasteiger partial charge in [0, 0.05) is 30.0 Å². The average molecular weight is 282 g/mol. The van der Waals surface area contributed by atoms with Crippen molar-refractivity contribution in [3.05, 3.63) is 10.6 Å². The Hall–Kier alpha value is -0.550. The first-order chi connectivity index (χ1) is 8.55. The van der Waals surface area contributed by atoms with Crippen LogP contribution < -0.4 is 4.90 Å². The summed E-state index contributed by atoms with van der Waals surface area (Å²) < 4.78 is 0.286. The van der Waals surface area contributed by atoms with Crippen molar-refractivity contribution in [2.24, 2.45) is 0 Å². The molecule has 1 fully saturated rings. The summed E-state index contributed by atoms with van der Waals surface area (Å²) in [5.41, 5.74) is 1.04. The van der Waals surface area contributed by atoms with Crippen LogP contribution in [0, 0.1) is 0 Å². The summed E-state index contributed by atoms with van der Waals surface area (Å²) in [6.45, 7) is 6.64. The van der Waals surface area contributed by atoms with E-state index in [0.29, 0.717) is 12.2 Å². The molecule has 5 heteroatoms. The molecule has 1 aliphatic carbocycles. The fourth-order valence-electron chi connectivity index (χ4n) is 2.57. The van der Waals surface area contributed by atoms with Crippen LogP contribution in [-0.2, 0) is 6.42 Å². The zero-order valence-electron chi connectivity index (χ0n) is 10.9. The van der Waals surface area contributed by atoms with Gasteiger partial charge in [-0.25, -0.2) is 4.98 Å². The maximum atomic E-state index is 11.9. The van der Waals surface area contributed by atoms with E-state index < -0.39 is 0 Å². The second kappa shape index (κ2) is 4.53. The fraction of sp³-hybridized carbons (Fsp3) is 0.692. The maximum Gasteiger partial charge on any atom is 0.186 e. The molecule has 3 rings (SSSR count). The number of aryl methyl sites for hydroxylation is 1. The summed E-state index contributed by atoms with van der Waals surface area (Å²) in [5, 5.41) is 1.06. The molecule has 1 aromatic rings. The number of Topliss-reactive ketones (excluding diaryl/α,β-unsaturated/α-hetero) is 1. The minimum Gasteiger partial charge on any atom is -0.346 e. The molecule has 0 amide bonds. The Balaban J connectivity index is 1.87. The van der Waals surface area contributed by atoms with E-state index in [1.165, 1.54) is 0 Å². The van der Waals surface area contributed by atoms with E-state index in [-0.39, 0.29) is 4.75 Å². The molecular weight excluding hydrogens is 264 g/mol. The number of fused-ring (bicyclic) bond motifs is 1. The Morgan fingerprint density at radius 1 is 1.33 bits per heavy atom. The number of nitrogens with zero attached hydrogens (tertiary/aromatic N) is 2. The minimum absolute atomic E-state index is 0.286. The molecule has 0 bridgehead atoms. The lowest BCUT2D eigenvalue weighted by Gasteiger charge is -2.37. The lowest BCUT2D eigenvalue weighted by Crippen LogP contribution is -2.43. The van der Waals surface area contributed by atoms with Crippen molar-refractivity contribution in [1.82, 2.24) is 4.98 Å². The number of carbonyl (C=O) groups excluding carboxylic acids is 1. The predicted molar refractivity (Wildman–Crippen MR) is 78.1 cm³/mol. The zero-order valence-corrected chi connectivity index (χ0v) is 12.5. The molecule has 1 aliphatic heterocycles. The van der Waals surface area contributed by atoms with Crippen molar-refractivity contribution in [2.75, 3.05) is 23.7 Å². The first kappa shape index (κ1) is 12.5. The maximum absolute atomic E-state index is 11.9. The highest BCUT2D eigenvalue weighted by molar-refractivity contribution is 8.00. The van der Waals surface area contributed by atoms with Crippen molar-refractivity contribution in [3.8, 4) is 0 Å². The molecule has 2 aliphatic rings. The number of ketones is 1. The number of hydrogen-bond acceptors (Lipinski definition) is 5. The van der Waals surface area contributed by atoms with Crippen LogP contribution in [0.15, 0.2) is 0 Å². The Morgan fingerprint density at radius 3 is 2.89 bits per heavy atom. The number of rotatable bonds is 1. The molecule has 3 nitrogen and oxygen atoms in total. The fourth-order valence-corrected chi connectivity index (χ4v) is 4.79. The van der Waals surface area contributed by atoms with E-state index in [1.807, 2.05) is 11.8 Å². The molecule has 0 aromatic carbocycles. The molecule has 98 valence electrons. The molecular formula is C13H18N2OS2. The Kier molecular flexibility index (Phi) is 3.14. The van der Waals surface area contributed by atoms with Gasteiger partial charge in [-0.15, -0.1) is 0 Å². The average Bonchev–Trinajstić information content (AvgIpc) is 2.73. The summed E-state index contributed by atoms with van der Waals surface area (Å²) in [6, 6.07) is 0. The molecule has 2 heterocycles. The quantitative estimate of drug-likeness (QED) is 0.793. The van der Waals surface area contributed by atoms with E-state index in [1.54, 1.807) is 11.3 Å². The van der Waals surface area contributed by atoms with E-state index >= 15 is 0 Å². The number of hydrogen-bond donors (Lipinski definition) is 0. The molecule has 0 unspecified atom stereocenters. The van der Waals surface area contributed by atoms with Gasteiger partial charge in [0.1, 0.15) is 0 Å². The van der Waals surface area contributed by atoms with Gasteiger partial charge >= 0.3 is 0 Å². The smallest absolute Gasteiger partial charge is 0.186 e. The van der Waals surface area contributed by atoms with Gasteiger partial charge in [-0.3, -0.25) is 4.79 Å². The van der Waals surface area contributed by atoms with E-state index in [2.05, 4.69) is 18.7 Å². The Labute approximate surface area is 116 Å². The van der Waals surface area contributed by atoms with Crippen LogP contribution in [-0.4, -0.2) is 34.4 Å². The van der Waals surface area contributed by atoms with Crippen LogP contribution >= 0.6 is 23.1 Å². The number of anilines is 1. The van der Waals surface area contributed by atoms with Crippen LogP contribution in [0.2, 0.25) is 0 Å². The number of thioether (sulfide) groups is 1. The van der Waals surface area contributed by atoms with Crippen LogP contribution in [0.25, 0.3) is 0 Å². The number of carbonyl (C=O) groups is 1. The van der Waals surface area contributed by atoms with Gasteiger partial charge in [0.2, 0.25) is 0 Å². The third-order valence-electron chi connectivity index (χ3n) is 3.45. The Bertz CT molecular complexity index is 481. The lowest BCUT2D eigenvalue weighted by atomic mass is 10.0. The highest BCUT2D eigenvalue weighted by Crippen LogP contribution is 2.36. The van der Waals surface area contributed by atoms with E-state index in [9.17, 15) is 4.79 Å². The van der Waals surface area contributed by atoms with E-state index in [4.69, 9.17) is 4.98 Å². The van der Waals surface area contributed by atoms with Crippen LogP contribution in [0.3, 0.4) is 0 Å². The SMILES string of the molecule is CC1(C)CN(c2nc3c(s2)C(=O)CCC3)CCS1. The molecule has 0 saturated carbocycles. The van der Waals surface area contributed by atoms with Crippen molar-refractivity contribution in [3.63, 3.8) is 0 Å². The highest BCUT2D eigenvalue weighted by Gasteiger charge is 2.30. The molecule has 1 saturated heterocycles. The first-order valence-electron chi connectivity index (χ1n) is 6.47. The van der Waals surface area contributed by atoms with Gasteiger partial charge in [-0.2, -0.15) is 11.8 Å². The molecule has 0 spiro atoms. The van der Waals surface area contributed by atoms with Gasteiger partial charge in [-0.1, -0.05) is 11.3 Å². The molecule has 0 radical (unpaired) electrons. The van der Waals surface area contributed by atoms with Crippen LogP contribution in [0.1, 0.15) is 42.1 Å². The minimum atomic E-state index is 0.286. The van der Waals surface area contributed by atoms with E-state index in [0.717, 1.165) is 47.4 Å². The van der Waals surface area contributed by atoms with Crippen molar-refractivity contribution in [1.29, 1.82) is 0 Å². The molecule has 0 N–H and O–H groups in total. The second-order valence-corrected chi connectivity index (χ2v) is 8.36. The van der Waals surface area contributed by atoms with Crippen LogP contribution in [0.5, 0.6) is 0 Å². The zero-order chi connectivity index (χ0) is 12.8. The highest BCUT2D eigenvalue weighted by atomic mass is 32.2. The topological polar surface area (TPSA) is 33.2 Å². The molecule has 1 aromatic heterocycles. The third kappa shape index (κ3) is 2.30. The van der Waals surface area contributed by atoms with Crippen molar-refractivity contribution >= 4 is 34.0 Å². The lowest BCUT2D eigenvalue weighted by molar-refractivity contribution is 0.0976. The van der Waals surface area contributed by atoms with Gasteiger partial charge in [-0.05, 0) is 26.7 Å². The summed E-state index contributed by atoms with van der Waals surface area (Å²) in [6.07, 6.45) is 2.65. The van der Waals surface area contributed by atoms with Crippen molar-refractivity contribution in [2.45, 2.75) is 37.9 Å². The third-order valence-corrected chi connectivity index (χ3v) is 5.95. The Morgan fingerprint density at radius 2 is 2.17 bits per heavy atom. The second-order valence-electron chi connectivity index (χ2n) is 5.58. The van der Waals surface area contributed by atoms with Gasteiger partial charge < -0.3 is 4.90 Å². The number of aromatic nitrogens is 1. The summed E-state index contributed by atoms with van der Waals surface area (Å²) >= 11 is 3.63. The van der Waals surface area contributed by atoms with Gasteiger partial charge in [0.15, 0.2) is 10.9 Å². The van der Waals surface area contributed by atoms with Gasteiger partial charge in [0.25, 0.3) is 0 Å². The largest absolute Gasteiger partial charge is 0.346 e. The predicted octanol–water partition coefficient (Wildman–Crippen LogP) is 2.99. The summed E-state index contributed by atoms with van der Waals surface area (Å²) in [5.74, 6) is 1.44. The van der Waals surface area contributed by atoms with Gasteiger partial charge in [0.05, 0.1) is 10.6 Å². The normalized spacial score (nSPS) is 23.0. The molecule has 0 atom stereocenters. The monoisotopic (exact) mass is 282 g/mol. The standard InChI is InChI=1S/C13H18N2OS2/c1-13(2)8-15(6-7-17-13)12-14-9-4-3-5-10(16)11(9)18-12/h3-8H2,1-2H3. The van der Waals surface area contributed by atoms with Crippen molar-refractivity contribution < 1.29 is 4.79 Å².